The van der Waals surface area contributed by atoms with Crippen LogP contribution in [0, 0.1) is 0 Å². The Labute approximate surface area is 175 Å². The van der Waals surface area contributed by atoms with Crippen LogP contribution in [0.1, 0.15) is 12.6 Å². The molecule has 0 bridgehead atoms. The van der Waals surface area contributed by atoms with Gasteiger partial charge in [0.15, 0.2) is 5.15 Å². The standard InChI is InChI=1S/C22H23ClN4O2/c1-2-29-19-8-4-3-7-17(19)25-13-15-26(16-14-25)21(28)11-10-18-22(23)24-20-9-5-6-12-27(18)20/h3-12H,2,13-16H2,1H3/b11-10+. The van der Waals surface area contributed by atoms with E-state index in [1.54, 1.807) is 12.2 Å². The van der Waals surface area contributed by atoms with Crippen molar-refractivity contribution in [2.24, 2.45) is 0 Å². The fourth-order valence-corrected chi connectivity index (χ4v) is 3.80. The Morgan fingerprint density at radius 1 is 1.14 bits per heavy atom. The quantitative estimate of drug-likeness (QED) is 0.601. The van der Waals surface area contributed by atoms with Crippen LogP contribution >= 0.6 is 11.6 Å². The van der Waals surface area contributed by atoms with Crippen molar-refractivity contribution in [3.05, 3.63) is 65.6 Å². The molecule has 3 aromatic rings. The van der Waals surface area contributed by atoms with Crippen molar-refractivity contribution in [3.8, 4) is 5.75 Å². The Morgan fingerprint density at radius 3 is 2.69 bits per heavy atom. The summed E-state index contributed by atoms with van der Waals surface area (Å²) < 4.78 is 7.61. The highest BCUT2D eigenvalue weighted by molar-refractivity contribution is 6.31. The van der Waals surface area contributed by atoms with Gasteiger partial charge in [-0.1, -0.05) is 29.8 Å². The van der Waals surface area contributed by atoms with Gasteiger partial charge in [-0.05, 0) is 37.3 Å². The van der Waals surface area contributed by atoms with Gasteiger partial charge >= 0.3 is 0 Å². The maximum absolute atomic E-state index is 12.7. The summed E-state index contributed by atoms with van der Waals surface area (Å²) in [6.07, 6.45) is 5.19. The third-order valence-corrected chi connectivity index (χ3v) is 5.28. The number of carbonyl (C=O) groups is 1. The molecule has 1 fully saturated rings. The smallest absolute Gasteiger partial charge is 0.246 e. The van der Waals surface area contributed by atoms with E-state index in [1.807, 2.05) is 58.8 Å². The number of rotatable bonds is 5. The lowest BCUT2D eigenvalue weighted by atomic mass is 10.2. The third-order valence-electron chi connectivity index (χ3n) is 5.00. The molecule has 0 saturated carbocycles. The predicted molar refractivity (Wildman–Crippen MR) is 116 cm³/mol. The van der Waals surface area contributed by atoms with E-state index in [2.05, 4.69) is 16.0 Å². The van der Waals surface area contributed by atoms with Gasteiger partial charge in [-0.2, -0.15) is 0 Å². The number of fused-ring (bicyclic) bond motifs is 1. The minimum absolute atomic E-state index is 0.0234. The SMILES string of the molecule is CCOc1ccccc1N1CCN(C(=O)/C=C/c2c(Cl)nc3ccccn23)CC1. The molecule has 0 aliphatic carbocycles. The molecule has 150 valence electrons. The van der Waals surface area contributed by atoms with Crippen molar-refractivity contribution in [1.82, 2.24) is 14.3 Å². The molecule has 1 saturated heterocycles. The normalized spacial score (nSPS) is 14.7. The van der Waals surface area contributed by atoms with E-state index in [9.17, 15) is 4.79 Å². The molecule has 4 rings (SSSR count). The molecule has 1 aromatic carbocycles. The van der Waals surface area contributed by atoms with Crippen molar-refractivity contribution < 1.29 is 9.53 Å². The molecular formula is C22H23ClN4O2. The van der Waals surface area contributed by atoms with Gasteiger partial charge in [-0.25, -0.2) is 4.98 Å². The highest BCUT2D eigenvalue weighted by Gasteiger charge is 2.22. The zero-order valence-corrected chi connectivity index (χ0v) is 17.0. The summed E-state index contributed by atoms with van der Waals surface area (Å²) in [4.78, 5) is 21.1. The lowest BCUT2D eigenvalue weighted by Crippen LogP contribution is -2.48. The van der Waals surface area contributed by atoms with Gasteiger partial charge < -0.3 is 14.5 Å². The van der Waals surface area contributed by atoms with Crippen molar-refractivity contribution in [2.45, 2.75) is 6.92 Å². The summed E-state index contributed by atoms with van der Waals surface area (Å²) in [7, 11) is 0. The summed E-state index contributed by atoms with van der Waals surface area (Å²) in [5.41, 5.74) is 2.54. The number of ether oxygens (including phenoxy) is 1. The number of amides is 1. The zero-order chi connectivity index (χ0) is 20.2. The first kappa shape index (κ1) is 19.3. The summed E-state index contributed by atoms with van der Waals surface area (Å²) in [5, 5.41) is 0.387. The molecule has 0 unspecified atom stereocenters. The van der Waals surface area contributed by atoms with Gasteiger partial charge in [-0.15, -0.1) is 0 Å². The molecule has 3 heterocycles. The molecular weight excluding hydrogens is 388 g/mol. The fourth-order valence-electron chi connectivity index (χ4n) is 3.55. The molecule has 7 heteroatoms. The number of halogens is 1. The van der Waals surface area contributed by atoms with Gasteiger partial charge in [0.1, 0.15) is 11.4 Å². The number of carbonyl (C=O) groups excluding carboxylic acids is 1. The highest BCUT2D eigenvalue weighted by atomic mass is 35.5. The second-order valence-corrected chi connectivity index (χ2v) is 7.12. The number of para-hydroxylation sites is 2. The van der Waals surface area contributed by atoms with Crippen LogP contribution in [-0.2, 0) is 4.79 Å². The van der Waals surface area contributed by atoms with Gasteiger partial charge in [0, 0.05) is 38.5 Å². The summed E-state index contributed by atoms with van der Waals surface area (Å²) >= 11 is 6.24. The van der Waals surface area contributed by atoms with E-state index in [0.29, 0.717) is 30.5 Å². The van der Waals surface area contributed by atoms with Crippen LogP contribution < -0.4 is 9.64 Å². The first-order valence-electron chi connectivity index (χ1n) is 9.73. The van der Waals surface area contributed by atoms with Gasteiger partial charge in [-0.3, -0.25) is 9.20 Å². The van der Waals surface area contributed by atoms with Gasteiger partial charge in [0.2, 0.25) is 5.91 Å². The zero-order valence-electron chi connectivity index (χ0n) is 16.3. The van der Waals surface area contributed by atoms with Crippen LogP contribution in [0.3, 0.4) is 0 Å². The van der Waals surface area contributed by atoms with Crippen LogP contribution in [0.25, 0.3) is 11.7 Å². The van der Waals surface area contributed by atoms with Gasteiger partial charge in [0.25, 0.3) is 0 Å². The van der Waals surface area contributed by atoms with E-state index in [1.165, 1.54) is 0 Å². The molecule has 2 aromatic heterocycles. The molecule has 1 aliphatic rings. The molecule has 0 atom stereocenters. The first-order valence-corrected chi connectivity index (χ1v) is 10.1. The first-order chi connectivity index (χ1) is 14.2. The second-order valence-electron chi connectivity index (χ2n) is 6.76. The number of hydrogen-bond donors (Lipinski definition) is 0. The van der Waals surface area contributed by atoms with Crippen LogP contribution in [0.2, 0.25) is 5.15 Å². The van der Waals surface area contributed by atoms with Crippen molar-refractivity contribution in [2.75, 3.05) is 37.7 Å². The number of pyridine rings is 1. The second kappa shape index (κ2) is 8.57. The lowest BCUT2D eigenvalue weighted by Gasteiger charge is -2.36. The Bertz CT molecular complexity index is 1040. The fraction of sp³-hybridized carbons (Fsp3) is 0.273. The molecule has 29 heavy (non-hydrogen) atoms. The largest absolute Gasteiger partial charge is 0.492 e. The Kier molecular flexibility index (Phi) is 5.71. The number of aromatic nitrogens is 2. The minimum atomic E-state index is -0.0234. The molecule has 0 radical (unpaired) electrons. The summed E-state index contributed by atoms with van der Waals surface area (Å²) in [6.45, 7) is 5.46. The number of benzene rings is 1. The molecule has 1 aliphatic heterocycles. The monoisotopic (exact) mass is 410 g/mol. The number of hydrogen-bond acceptors (Lipinski definition) is 4. The Hall–Kier alpha value is -2.99. The van der Waals surface area contributed by atoms with E-state index in [-0.39, 0.29) is 5.91 Å². The van der Waals surface area contributed by atoms with Crippen LogP contribution in [-0.4, -0.2) is 53.0 Å². The van der Waals surface area contributed by atoms with Crippen molar-refractivity contribution in [3.63, 3.8) is 0 Å². The molecule has 0 spiro atoms. The number of piperazine rings is 1. The van der Waals surface area contributed by atoms with Crippen molar-refractivity contribution >= 4 is 34.9 Å². The van der Waals surface area contributed by atoms with E-state index < -0.39 is 0 Å². The topological polar surface area (TPSA) is 50.1 Å². The summed E-state index contributed by atoms with van der Waals surface area (Å²) in [6, 6.07) is 13.7. The maximum atomic E-state index is 12.7. The maximum Gasteiger partial charge on any atom is 0.246 e. The predicted octanol–water partition coefficient (Wildman–Crippen LogP) is 3.75. The number of nitrogens with zero attached hydrogens (tertiary/aromatic N) is 4. The average molecular weight is 411 g/mol. The van der Waals surface area contributed by atoms with Crippen LogP contribution in [0.5, 0.6) is 5.75 Å². The van der Waals surface area contributed by atoms with E-state index in [0.717, 1.165) is 30.2 Å². The number of imidazole rings is 1. The molecule has 0 N–H and O–H groups in total. The Morgan fingerprint density at radius 2 is 1.90 bits per heavy atom. The third kappa shape index (κ3) is 4.07. The Balaban J connectivity index is 1.42. The van der Waals surface area contributed by atoms with Crippen LogP contribution in [0.4, 0.5) is 5.69 Å². The van der Waals surface area contributed by atoms with E-state index in [4.69, 9.17) is 16.3 Å². The highest BCUT2D eigenvalue weighted by Crippen LogP contribution is 2.29. The molecule has 6 nitrogen and oxygen atoms in total. The number of anilines is 1. The summed E-state index contributed by atoms with van der Waals surface area (Å²) in [5.74, 6) is 0.863. The van der Waals surface area contributed by atoms with Crippen molar-refractivity contribution in [1.29, 1.82) is 0 Å². The minimum Gasteiger partial charge on any atom is -0.492 e. The average Bonchev–Trinajstić information content (AvgIpc) is 3.08. The van der Waals surface area contributed by atoms with E-state index >= 15 is 0 Å². The van der Waals surface area contributed by atoms with Gasteiger partial charge in [0.05, 0.1) is 18.0 Å². The van der Waals surface area contributed by atoms with Crippen LogP contribution in [0.15, 0.2) is 54.7 Å². The molecule has 1 amide bonds. The lowest BCUT2D eigenvalue weighted by molar-refractivity contribution is -0.126.